The van der Waals surface area contributed by atoms with E-state index in [-0.39, 0.29) is 34.9 Å². The van der Waals surface area contributed by atoms with Crippen LogP contribution in [0.5, 0.6) is 0 Å². The minimum Gasteiger partial charge on any atom is -0.325 e. The van der Waals surface area contributed by atoms with Crippen LogP contribution >= 0.6 is 0 Å². The van der Waals surface area contributed by atoms with E-state index < -0.39 is 0 Å². The van der Waals surface area contributed by atoms with Crippen LogP contribution in [0.25, 0.3) is 0 Å². The summed E-state index contributed by atoms with van der Waals surface area (Å²) in [6.45, 7) is 0. The van der Waals surface area contributed by atoms with Crippen molar-refractivity contribution in [1.82, 2.24) is 0 Å². The Morgan fingerprint density at radius 3 is 2.14 bits per heavy atom. The van der Waals surface area contributed by atoms with E-state index in [0.717, 1.165) is 12.0 Å². The lowest BCUT2D eigenvalue weighted by Gasteiger charge is -2.20. The van der Waals surface area contributed by atoms with Crippen molar-refractivity contribution in [3.63, 3.8) is 0 Å². The molecule has 0 spiro atoms. The molecule has 0 heterocycles. The maximum absolute atomic E-state index is 13.0. The predicted molar refractivity (Wildman–Crippen MR) is 106 cm³/mol. The SMILES string of the molecule is O=C1c2ccccc2C(=O)c2c(NC(=O)[C@H]3C[C@@H]3c3ccccc3)cccc21. The highest BCUT2D eigenvalue weighted by atomic mass is 16.2. The number of carbonyl (C=O) groups is 3. The number of ketones is 2. The number of hydrogen-bond donors (Lipinski definition) is 1. The van der Waals surface area contributed by atoms with Gasteiger partial charge in [0.1, 0.15) is 0 Å². The highest BCUT2D eigenvalue weighted by Gasteiger charge is 2.44. The van der Waals surface area contributed by atoms with Gasteiger partial charge in [0, 0.05) is 22.6 Å². The molecule has 2 aliphatic carbocycles. The Hall–Kier alpha value is -3.53. The summed E-state index contributed by atoms with van der Waals surface area (Å²) in [6.07, 6.45) is 0.792. The smallest absolute Gasteiger partial charge is 0.228 e. The third-order valence-electron chi connectivity index (χ3n) is 5.57. The normalized spacial score (nSPS) is 19.6. The molecule has 1 amide bonds. The quantitative estimate of drug-likeness (QED) is 0.590. The molecular weight excluding hydrogens is 350 g/mol. The molecule has 0 unspecified atom stereocenters. The second kappa shape index (κ2) is 6.27. The van der Waals surface area contributed by atoms with Crippen LogP contribution in [-0.2, 0) is 4.79 Å². The maximum atomic E-state index is 13.0. The lowest BCUT2D eigenvalue weighted by molar-refractivity contribution is -0.117. The third kappa shape index (κ3) is 2.57. The van der Waals surface area contributed by atoms with E-state index in [1.54, 1.807) is 42.5 Å². The molecule has 1 N–H and O–H groups in total. The largest absolute Gasteiger partial charge is 0.325 e. The van der Waals surface area contributed by atoms with Gasteiger partial charge in [-0.3, -0.25) is 14.4 Å². The minimum absolute atomic E-state index is 0.110. The van der Waals surface area contributed by atoms with Crippen molar-refractivity contribution in [2.45, 2.75) is 12.3 Å². The zero-order valence-electron chi connectivity index (χ0n) is 15.0. The number of amides is 1. The molecule has 2 aliphatic rings. The number of nitrogens with one attached hydrogen (secondary N) is 1. The van der Waals surface area contributed by atoms with E-state index in [9.17, 15) is 14.4 Å². The molecule has 136 valence electrons. The number of benzene rings is 3. The Labute approximate surface area is 162 Å². The highest BCUT2D eigenvalue weighted by molar-refractivity contribution is 6.30. The van der Waals surface area contributed by atoms with Gasteiger partial charge < -0.3 is 5.32 Å². The van der Waals surface area contributed by atoms with Crippen molar-refractivity contribution in [2.75, 3.05) is 5.32 Å². The van der Waals surface area contributed by atoms with Gasteiger partial charge in [-0.05, 0) is 24.0 Å². The van der Waals surface area contributed by atoms with Gasteiger partial charge in [0.2, 0.25) is 5.91 Å². The van der Waals surface area contributed by atoms with Crippen molar-refractivity contribution in [2.24, 2.45) is 5.92 Å². The molecule has 5 rings (SSSR count). The van der Waals surface area contributed by atoms with Gasteiger partial charge in [-0.25, -0.2) is 0 Å². The van der Waals surface area contributed by atoms with Crippen LogP contribution in [0, 0.1) is 5.92 Å². The van der Waals surface area contributed by atoms with Gasteiger partial charge in [0.05, 0.1) is 11.3 Å². The fraction of sp³-hybridized carbons (Fsp3) is 0.125. The van der Waals surface area contributed by atoms with E-state index in [4.69, 9.17) is 0 Å². The second-order valence-electron chi connectivity index (χ2n) is 7.28. The Morgan fingerprint density at radius 1 is 0.750 bits per heavy atom. The van der Waals surface area contributed by atoms with Gasteiger partial charge in [-0.1, -0.05) is 66.7 Å². The first kappa shape index (κ1) is 16.6. The first-order valence-electron chi connectivity index (χ1n) is 9.32. The summed E-state index contributed by atoms with van der Waals surface area (Å²) in [5.41, 5.74) is 2.99. The van der Waals surface area contributed by atoms with Crippen molar-refractivity contribution >= 4 is 23.2 Å². The molecule has 1 fully saturated rings. The Kier molecular flexibility index (Phi) is 3.72. The van der Waals surface area contributed by atoms with Crippen LogP contribution in [0.1, 0.15) is 49.7 Å². The zero-order valence-corrected chi connectivity index (χ0v) is 15.0. The van der Waals surface area contributed by atoms with Gasteiger partial charge in [-0.15, -0.1) is 0 Å². The molecule has 0 bridgehead atoms. The average molecular weight is 367 g/mol. The van der Waals surface area contributed by atoms with Gasteiger partial charge in [-0.2, -0.15) is 0 Å². The van der Waals surface area contributed by atoms with E-state index in [2.05, 4.69) is 5.32 Å². The summed E-state index contributed by atoms with van der Waals surface area (Å²) in [6, 6.07) is 21.8. The Bertz CT molecular complexity index is 1130. The van der Waals surface area contributed by atoms with Crippen molar-refractivity contribution < 1.29 is 14.4 Å². The summed E-state index contributed by atoms with van der Waals surface area (Å²) in [7, 11) is 0. The molecular formula is C24H17NO3. The minimum atomic E-state index is -0.225. The number of hydrogen-bond acceptors (Lipinski definition) is 3. The molecule has 0 aliphatic heterocycles. The molecule has 0 radical (unpaired) electrons. The van der Waals surface area contributed by atoms with E-state index >= 15 is 0 Å². The number of rotatable bonds is 3. The number of fused-ring (bicyclic) bond motifs is 2. The van der Waals surface area contributed by atoms with Crippen LogP contribution in [-0.4, -0.2) is 17.5 Å². The number of anilines is 1. The molecule has 28 heavy (non-hydrogen) atoms. The molecule has 0 aromatic heterocycles. The zero-order chi connectivity index (χ0) is 19.3. The molecule has 4 nitrogen and oxygen atoms in total. The molecule has 3 aromatic rings. The van der Waals surface area contributed by atoms with Crippen LogP contribution in [0.2, 0.25) is 0 Å². The van der Waals surface area contributed by atoms with Crippen LogP contribution in [0.3, 0.4) is 0 Å². The summed E-state index contributed by atoms with van der Waals surface area (Å²) in [5, 5.41) is 2.90. The standard InChI is InChI=1S/C24H17NO3/c26-22-15-9-4-5-10-16(15)23(27)21-17(22)11-6-12-20(21)25-24(28)19-13-18(19)14-7-2-1-3-8-14/h1-12,18-19H,13H2,(H,25,28)/t18-,19+/m1/s1. The Morgan fingerprint density at radius 2 is 1.39 bits per heavy atom. The van der Waals surface area contributed by atoms with Gasteiger partial charge in [0.15, 0.2) is 11.6 Å². The fourth-order valence-electron chi connectivity index (χ4n) is 4.03. The summed E-state index contributed by atoms with van der Waals surface area (Å²) in [5.74, 6) is -0.425. The first-order valence-corrected chi connectivity index (χ1v) is 9.32. The molecule has 0 saturated heterocycles. The maximum Gasteiger partial charge on any atom is 0.228 e. The summed E-state index contributed by atoms with van der Waals surface area (Å²) in [4.78, 5) is 38.6. The van der Waals surface area contributed by atoms with Crippen LogP contribution < -0.4 is 5.32 Å². The van der Waals surface area contributed by atoms with Gasteiger partial charge >= 0.3 is 0 Å². The monoisotopic (exact) mass is 367 g/mol. The molecule has 1 saturated carbocycles. The Balaban J connectivity index is 1.44. The van der Waals surface area contributed by atoms with Crippen LogP contribution in [0.4, 0.5) is 5.69 Å². The topological polar surface area (TPSA) is 63.2 Å². The van der Waals surface area contributed by atoms with Crippen LogP contribution in [0.15, 0.2) is 72.8 Å². The molecule has 2 atom stereocenters. The third-order valence-corrected chi connectivity index (χ3v) is 5.57. The van der Waals surface area contributed by atoms with E-state index in [1.165, 1.54) is 0 Å². The summed E-state index contributed by atoms with van der Waals surface area (Å²) >= 11 is 0. The predicted octanol–water partition coefficient (Wildman–Crippen LogP) is 4.20. The van der Waals surface area contributed by atoms with Crippen molar-refractivity contribution in [3.05, 3.63) is 101 Å². The summed E-state index contributed by atoms with van der Waals surface area (Å²) < 4.78 is 0. The average Bonchev–Trinajstić information content (AvgIpc) is 3.54. The van der Waals surface area contributed by atoms with Crippen molar-refractivity contribution in [3.8, 4) is 0 Å². The lowest BCUT2D eigenvalue weighted by atomic mass is 9.83. The second-order valence-corrected chi connectivity index (χ2v) is 7.28. The lowest BCUT2D eigenvalue weighted by Crippen LogP contribution is -2.24. The highest BCUT2D eigenvalue weighted by Crippen LogP contribution is 2.48. The van der Waals surface area contributed by atoms with Crippen molar-refractivity contribution in [1.29, 1.82) is 0 Å². The van der Waals surface area contributed by atoms with E-state index in [1.807, 2.05) is 30.3 Å². The van der Waals surface area contributed by atoms with E-state index in [0.29, 0.717) is 22.4 Å². The fourth-order valence-corrected chi connectivity index (χ4v) is 4.03. The number of carbonyl (C=O) groups excluding carboxylic acids is 3. The molecule has 4 heteroatoms. The first-order chi connectivity index (χ1) is 13.6. The van der Waals surface area contributed by atoms with Gasteiger partial charge in [0.25, 0.3) is 0 Å². The molecule has 3 aromatic carbocycles.